The fourth-order valence-corrected chi connectivity index (χ4v) is 5.55. The van der Waals surface area contributed by atoms with E-state index in [-0.39, 0.29) is 35.0 Å². The number of nitrogens with zero attached hydrogens (tertiary/aromatic N) is 1. The predicted octanol–water partition coefficient (Wildman–Crippen LogP) is 0.924. The largest absolute Gasteiger partial charge is 0.468 e. The van der Waals surface area contributed by atoms with E-state index in [9.17, 15) is 22.8 Å². The van der Waals surface area contributed by atoms with Crippen LogP contribution in [0.15, 0.2) is 40.6 Å². The van der Waals surface area contributed by atoms with Crippen LogP contribution in [0.1, 0.15) is 20.0 Å². The number of hydrogen-bond acceptors (Lipinski definition) is 8. The zero-order valence-electron chi connectivity index (χ0n) is 16.6. The molecule has 1 aromatic carbocycles. The fraction of sp³-hybridized carbons (Fsp3) is 0.316. The summed E-state index contributed by atoms with van der Waals surface area (Å²) in [6.07, 6.45) is 0. The molecule has 2 heterocycles. The SMILES string of the molecule is COC(=O)CNC(=O)c1cccc(NC(=O)c2sccc2S(=O)(=O)N2CCOCC2)c1. The van der Waals surface area contributed by atoms with Crippen LogP contribution in [0.25, 0.3) is 0 Å². The maximum Gasteiger partial charge on any atom is 0.325 e. The number of amides is 2. The van der Waals surface area contributed by atoms with Crippen molar-refractivity contribution in [3.05, 3.63) is 46.2 Å². The van der Waals surface area contributed by atoms with E-state index in [1.807, 2.05) is 0 Å². The number of esters is 1. The Balaban J connectivity index is 1.74. The maximum atomic E-state index is 12.9. The molecule has 0 atom stereocenters. The number of methoxy groups -OCH3 is 1. The summed E-state index contributed by atoms with van der Waals surface area (Å²) in [5.41, 5.74) is 0.521. The zero-order valence-corrected chi connectivity index (χ0v) is 18.3. The first-order valence-corrected chi connectivity index (χ1v) is 11.6. The van der Waals surface area contributed by atoms with Gasteiger partial charge in [0.05, 0.1) is 20.3 Å². The number of hydrogen-bond donors (Lipinski definition) is 2. The van der Waals surface area contributed by atoms with Crippen molar-refractivity contribution < 1.29 is 32.3 Å². The monoisotopic (exact) mass is 467 g/mol. The molecule has 1 aromatic heterocycles. The lowest BCUT2D eigenvalue weighted by molar-refractivity contribution is -0.139. The number of ether oxygens (including phenoxy) is 2. The van der Waals surface area contributed by atoms with Crippen LogP contribution in [-0.2, 0) is 24.3 Å². The molecule has 31 heavy (non-hydrogen) atoms. The van der Waals surface area contributed by atoms with Gasteiger partial charge in [-0.05, 0) is 29.6 Å². The molecule has 1 fully saturated rings. The van der Waals surface area contributed by atoms with Gasteiger partial charge in [-0.1, -0.05) is 6.07 Å². The highest BCUT2D eigenvalue weighted by molar-refractivity contribution is 7.89. The molecule has 3 rings (SSSR count). The molecule has 0 aliphatic carbocycles. The Labute approximate surface area is 183 Å². The summed E-state index contributed by atoms with van der Waals surface area (Å²) in [6, 6.07) is 7.47. The standard InChI is InChI=1S/C19H21N3O7S2/c1-28-16(23)12-20-18(24)13-3-2-4-14(11-13)21-19(25)17-15(5-10-30-17)31(26,27)22-6-8-29-9-7-22/h2-5,10-11H,6-9,12H2,1H3,(H,20,24)(H,21,25). The Bertz CT molecular complexity index is 1080. The molecule has 1 saturated heterocycles. The van der Waals surface area contributed by atoms with E-state index in [2.05, 4.69) is 15.4 Å². The molecule has 0 bridgehead atoms. The minimum absolute atomic E-state index is 0.0482. The van der Waals surface area contributed by atoms with Gasteiger partial charge < -0.3 is 20.1 Å². The van der Waals surface area contributed by atoms with Crippen molar-refractivity contribution in [3.8, 4) is 0 Å². The molecular formula is C19H21N3O7S2. The van der Waals surface area contributed by atoms with Gasteiger partial charge in [0.25, 0.3) is 11.8 Å². The summed E-state index contributed by atoms with van der Waals surface area (Å²) in [5, 5.41) is 6.57. The second-order valence-electron chi connectivity index (χ2n) is 6.42. The Morgan fingerprint density at radius 3 is 2.61 bits per heavy atom. The van der Waals surface area contributed by atoms with Crippen LogP contribution in [0.5, 0.6) is 0 Å². The Morgan fingerprint density at radius 2 is 1.90 bits per heavy atom. The van der Waals surface area contributed by atoms with E-state index >= 15 is 0 Å². The van der Waals surface area contributed by atoms with Crippen LogP contribution in [0.4, 0.5) is 5.69 Å². The molecule has 2 amide bonds. The van der Waals surface area contributed by atoms with Gasteiger partial charge in [-0.25, -0.2) is 8.42 Å². The van der Waals surface area contributed by atoms with Gasteiger partial charge in [0.2, 0.25) is 10.0 Å². The summed E-state index contributed by atoms with van der Waals surface area (Å²) in [4.78, 5) is 36.1. The number of anilines is 1. The Morgan fingerprint density at radius 1 is 1.16 bits per heavy atom. The van der Waals surface area contributed by atoms with Gasteiger partial charge in [0.1, 0.15) is 16.3 Å². The van der Waals surface area contributed by atoms with Crippen molar-refractivity contribution in [2.75, 3.05) is 45.3 Å². The molecule has 166 valence electrons. The number of rotatable bonds is 7. The fourth-order valence-electron chi connectivity index (χ4n) is 2.84. The number of carbonyl (C=O) groups is 3. The van der Waals surface area contributed by atoms with Crippen molar-refractivity contribution in [1.29, 1.82) is 0 Å². The second kappa shape index (κ2) is 10.0. The summed E-state index contributed by atoms with van der Waals surface area (Å²) in [6.45, 7) is 0.763. The highest BCUT2D eigenvalue weighted by Gasteiger charge is 2.31. The summed E-state index contributed by atoms with van der Waals surface area (Å²) >= 11 is 1.01. The van der Waals surface area contributed by atoms with Crippen LogP contribution < -0.4 is 10.6 Å². The van der Waals surface area contributed by atoms with Gasteiger partial charge in [-0.3, -0.25) is 14.4 Å². The van der Waals surface area contributed by atoms with Gasteiger partial charge >= 0.3 is 5.97 Å². The lowest BCUT2D eigenvalue weighted by Crippen LogP contribution is -2.41. The number of sulfonamides is 1. The number of morpholine rings is 1. The number of benzene rings is 1. The Kier molecular flexibility index (Phi) is 7.38. The molecular weight excluding hydrogens is 446 g/mol. The average molecular weight is 468 g/mol. The molecule has 10 nitrogen and oxygen atoms in total. The molecule has 0 saturated carbocycles. The Hall–Kier alpha value is -2.80. The van der Waals surface area contributed by atoms with Gasteiger partial charge in [-0.2, -0.15) is 4.31 Å². The lowest BCUT2D eigenvalue weighted by atomic mass is 10.2. The maximum absolute atomic E-state index is 12.9. The highest BCUT2D eigenvalue weighted by atomic mass is 32.2. The third-order valence-corrected chi connectivity index (χ3v) is 7.41. The first-order chi connectivity index (χ1) is 14.8. The molecule has 0 spiro atoms. The smallest absolute Gasteiger partial charge is 0.325 e. The minimum Gasteiger partial charge on any atom is -0.468 e. The van der Waals surface area contributed by atoms with E-state index in [1.54, 1.807) is 17.5 Å². The highest BCUT2D eigenvalue weighted by Crippen LogP contribution is 2.27. The van der Waals surface area contributed by atoms with Crippen molar-refractivity contribution in [1.82, 2.24) is 9.62 Å². The van der Waals surface area contributed by atoms with Crippen molar-refractivity contribution in [3.63, 3.8) is 0 Å². The van der Waals surface area contributed by atoms with E-state index in [0.717, 1.165) is 11.3 Å². The van der Waals surface area contributed by atoms with Crippen LogP contribution in [0.3, 0.4) is 0 Å². The van der Waals surface area contributed by atoms with Gasteiger partial charge in [-0.15, -0.1) is 11.3 Å². The second-order valence-corrected chi connectivity index (χ2v) is 9.25. The lowest BCUT2D eigenvalue weighted by Gasteiger charge is -2.26. The molecule has 0 unspecified atom stereocenters. The molecule has 2 N–H and O–H groups in total. The van der Waals surface area contributed by atoms with E-state index in [0.29, 0.717) is 18.9 Å². The van der Waals surface area contributed by atoms with Crippen molar-refractivity contribution >= 4 is 44.8 Å². The van der Waals surface area contributed by atoms with Crippen LogP contribution >= 0.6 is 11.3 Å². The molecule has 1 aliphatic rings. The normalized spacial score (nSPS) is 14.6. The van der Waals surface area contributed by atoms with Crippen molar-refractivity contribution in [2.24, 2.45) is 0 Å². The number of nitrogens with one attached hydrogen (secondary N) is 2. The first kappa shape index (κ1) is 22.9. The summed E-state index contributed by atoms with van der Waals surface area (Å²) < 4.78 is 36.8. The summed E-state index contributed by atoms with van der Waals surface area (Å²) in [7, 11) is -2.62. The third kappa shape index (κ3) is 5.47. The van der Waals surface area contributed by atoms with Gasteiger partial charge in [0.15, 0.2) is 0 Å². The van der Waals surface area contributed by atoms with Crippen molar-refractivity contribution in [2.45, 2.75) is 4.90 Å². The van der Waals surface area contributed by atoms with Crippen LogP contribution in [0.2, 0.25) is 0 Å². The predicted molar refractivity (Wildman–Crippen MR) is 113 cm³/mol. The molecule has 1 aliphatic heterocycles. The quantitative estimate of drug-likeness (QED) is 0.579. The molecule has 0 radical (unpaired) electrons. The van der Waals surface area contributed by atoms with Gasteiger partial charge in [0, 0.05) is 24.3 Å². The number of carbonyl (C=O) groups excluding carboxylic acids is 3. The average Bonchev–Trinajstić information content (AvgIpc) is 3.29. The van der Waals surface area contributed by atoms with Crippen LogP contribution in [0, 0.1) is 0 Å². The van der Waals surface area contributed by atoms with E-state index < -0.39 is 27.8 Å². The molecule has 12 heteroatoms. The minimum atomic E-state index is -3.83. The van der Waals surface area contributed by atoms with Crippen LogP contribution in [-0.4, -0.2) is 70.5 Å². The number of thiophene rings is 1. The topological polar surface area (TPSA) is 131 Å². The molecule has 2 aromatic rings. The zero-order chi connectivity index (χ0) is 22.4. The van der Waals surface area contributed by atoms with E-state index in [1.165, 1.54) is 29.6 Å². The summed E-state index contributed by atoms with van der Waals surface area (Å²) in [5.74, 6) is -1.72. The first-order valence-electron chi connectivity index (χ1n) is 9.24. The van der Waals surface area contributed by atoms with E-state index in [4.69, 9.17) is 4.74 Å². The third-order valence-electron chi connectivity index (χ3n) is 4.43.